The van der Waals surface area contributed by atoms with Crippen molar-refractivity contribution in [1.29, 1.82) is 0 Å². The third-order valence-corrected chi connectivity index (χ3v) is 5.93. The Kier molecular flexibility index (Phi) is 8.98. The minimum atomic E-state index is -1.72. The third kappa shape index (κ3) is 5.74. The molecule has 10 unspecified atom stereocenters. The van der Waals surface area contributed by atoms with Crippen LogP contribution in [0, 0.1) is 0 Å². The molecule has 0 saturated carbocycles. The first-order valence-electron chi connectivity index (χ1n) is 11.0. The van der Waals surface area contributed by atoms with E-state index in [-0.39, 0.29) is 11.7 Å². The second-order valence-electron chi connectivity index (χ2n) is 8.72. The predicted molar refractivity (Wildman–Crippen MR) is 114 cm³/mol. The lowest BCUT2D eigenvalue weighted by atomic mass is 9.98. The highest BCUT2D eigenvalue weighted by atomic mass is 16.7. The van der Waals surface area contributed by atoms with Crippen molar-refractivity contribution < 1.29 is 54.7 Å². The molecule has 0 bridgehead atoms. The monoisotopic (exact) mass is 488 g/mol. The molecule has 1 aromatic rings. The Bertz CT molecular complexity index is 864. The molecule has 0 aromatic heterocycles. The van der Waals surface area contributed by atoms with Crippen molar-refractivity contribution in [3.63, 3.8) is 0 Å². The Morgan fingerprint density at radius 3 is 2.06 bits per heavy atom. The summed E-state index contributed by atoms with van der Waals surface area (Å²) in [4.78, 5) is 12.5. The molecule has 12 heteroatoms. The van der Waals surface area contributed by atoms with Crippen molar-refractivity contribution in [1.82, 2.24) is 0 Å². The minimum Gasteiger partial charge on any atom is -0.458 e. The first-order valence-corrected chi connectivity index (χ1v) is 11.0. The molecule has 3 rings (SSSR count). The van der Waals surface area contributed by atoms with Crippen molar-refractivity contribution >= 4 is 0 Å². The number of ether oxygens (including phenoxy) is 4. The zero-order valence-electron chi connectivity index (χ0n) is 18.7. The third-order valence-electron chi connectivity index (χ3n) is 5.93. The van der Waals surface area contributed by atoms with Gasteiger partial charge in [0, 0.05) is 0 Å². The van der Waals surface area contributed by atoms with Gasteiger partial charge in [-0.25, -0.2) is 0 Å². The standard InChI is InChI=1S/C22H32O12/c1-9(2)10-4-3-5-12(11(24)6-10)32-22-20(30)18(28)16(26)14(34-22)8-31-21-19(29)17(27)15(25)13(7-23)33-21/h3-6,9,13-23,25-30H,7-8H2,1-2H3. The van der Waals surface area contributed by atoms with Crippen LogP contribution in [-0.4, -0.2) is 110 Å². The van der Waals surface area contributed by atoms with Gasteiger partial charge in [0.25, 0.3) is 0 Å². The Balaban J connectivity index is 1.71. The van der Waals surface area contributed by atoms with Crippen LogP contribution in [0.25, 0.3) is 0 Å². The second-order valence-corrected chi connectivity index (χ2v) is 8.72. The number of hydrogen-bond acceptors (Lipinski definition) is 12. The summed E-state index contributed by atoms with van der Waals surface area (Å²) in [6.07, 6.45) is -15.5. The van der Waals surface area contributed by atoms with Gasteiger partial charge >= 0.3 is 0 Å². The Hall–Kier alpha value is -1.71. The molecular weight excluding hydrogens is 456 g/mol. The average Bonchev–Trinajstić information content (AvgIpc) is 2.99. The Labute approximate surface area is 195 Å². The van der Waals surface area contributed by atoms with E-state index >= 15 is 0 Å². The summed E-state index contributed by atoms with van der Waals surface area (Å²) in [6.45, 7) is 2.68. The summed E-state index contributed by atoms with van der Waals surface area (Å²) in [5, 5.41) is 69.9. The van der Waals surface area contributed by atoms with Gasteiger partial charge in [0.2, 0.25) is 11.7 Å². The van der Waals surface area contributed by atoms with E-state index in [4.69, 9.17) is 18.9 Å². The maximum atomic E-state index is 12.5. The summed E-state index contributed by atoms with van der Waals surface area (Å²) in [5.74, 6) is -0.0569. The van der Waals surface area contributed by atoms with E-state index in [0.29, 0.717) is 0 Å². The van der Waals surface area contributed by atoms with Crippen LogP contribution >= 0.6 is 0 Å². The van der Waals surface area contributed by atoms with Gasteiger partial charge in [0.05, 0.1) is 13.2 Å². The number of aliphatic hydroxyl groups excluding tert-OH is 7. The molecule has 0 aliphatic carbocycles. The summed E-state index contributed by atoms with van der Waals surface area (Å²) < 4.78 is 21.7. The zero-order chi connectivity index (χ0) is 25.2. The van der Waals surface area contributed by atoms with Gasteiger partial charge < -0.3 is 54.7 Å². The van der Waals surface area contributed by atoms with Crippen LogP contribution in [0.3, 0.4) is 0 Å². The normalized spacial score (nSPS) is 38.6. The molecule has 0 spiro atoms. The number of hydrogen-bond donors (Lipinski definition) is 7. The van der Waals surface area contributed by atoms with Crippen molar-refractivity contribution in [2.45, 2.75) is 81.2 Å². The molecule has 10 atom stereocenters. The molecular formula is C22H32O12. The second kappa shape index (κ2) is 11.4. The van der Waals surface area contributed by atoms with Crippen LogP contribution in [0.1, 0.15) is 25.3 Å². The molecule has 2 saturated heterocycles. The summed E-state index contributed by atoms with van der Waals surface area (Å²) in [5.41, 5.74) is 0.297. The lowest BCUT2D eigenvalue weighted by Crippen LogP contribution is -2.62. The quantitative estimate of drug-likeness (QED) is 0.208. The summed E-state index contributed by atoms with van der Waals surface area (Å²) >= 11 is 0. The van der Waals surface area contributed by atoms with Crippen molar-refractivity contribution in [2.24, 2.45) is 0 Å². The molecule has 0 radical (unpaired) electrons. The molecule has 2 fully saturated rings. The molecule has 2 heterocycles. The summed E-state index contributed by atoms with van der Waals surface area (Å²) in [6, 6.07) is 6.13. The van der Waals surface area contributed by atoms with E-state index in [2.05, 4.69) is 0 Å². The molecule has 2 aliphatic heterocycles. The molecule has 192 valence electrons. The van der Waals surface area contributed by atoms with Gasteiger partial charge in [-0.1, -0.05) is 26.0 Å². The van der Waals surface area contributed by atoms with E-state index in [1.54, 1.807) is 12.1 Å². The first kappa shape index (κ1) is 26.9. The Morgan fingerprint density at radius 2 is 1.44 bits per heavy atom. The average molecular weight is 488 g/mol. The highest BCUT2D eigenvalue weighted by Crippen LogP contribution is 2.26. The topological polar surface area (TPSA) is 196 Å². The minimum absolute atomic E-state index is 0.0883. The van der Waals surface area contributed by atoms with Gasteiger partial charge in [-0.05, 0) is 23.6 Å². The number of rotatable bonds is 7. The van der Waals surface area contributed by atoms with E-state index in [0.717, 1.165) is 5.56 Å². The lowest BCUT2D eigenvalue weighted by molar-refractivity contribution is -0.323. The van der Waals surface area contributed by atoms with Crippen LogP contribution < -0.4 is 10.2 Å². The lowest BCUT2D eigenvalue weighted by Gasteiger charge is -2.42. The van der Waals surface area contributed by atoms with Gasteiger partial charge in [0.15, 0.2) is 12.0 Å². The van der Waals surface area contributed by atoms with Gasteiger partial charge in [0.1, 0.15) is 48.8 Å². The smallest absolute Gasteiger partial charge is 0.229 e. The molecule has 34 heavy (non-hydrogen) atoms. The highest BCUT2D eigenvalue weighted by molar-refractivity contribution is 5.27. The van der Waals surface area contributed by atoms with Crippen molar-refractivity contribution in [2.75, 3.05) is 13.2 Å². The number of aliphatic hydroxyl groups is 7. The maximum Gasteiger partial charge on any atom is 0.229 e. The molecule has 0 amide bonds. The van der Waals surface area contributed by atoms with Gasteiger partial charge in [-0.3, -0.25) is 4.79 Å². The van der Waals surface area contributed by atoms with Gasteiger partial charge in [-0.2, -0.15) is 0 Å². The van der Waals surface area contributed by atoms with E-state index < -0.39 is 80.1 Å². The highest BCUT2D eigenvalue weighted by Gasteiger charge is 2.47. The van der Waals surface area contributed by atoms with E-state index in [1.165, 1.54) is 12.1 Å². The molecule has 7 N–H and O–H groups in total. The van der Waals surface area contributed by atoms with Crippen LogP contribution in [0.15, 0.2) is 29.1 Å². The first-order chi connectivity index (χ1) is 16.0. The largest absolute Gasteiger partial charge is 0.458 e. The van der Waals surface area contributed by atoms with Crippen LogP contribution in [0.4, 0.5) is 0 Å². The zero-order valence-corrected chi connectivity index (χ0v) is 18.7. The van der Waals surface area contributed by atoms with E-state index in [9.17, 15) is 40.5 Å². The predicted octanol–water partition coefficient (Wildman–Crippen LogP) is -2.83. The van der Waals surface area contributed by atoms with E-state index in [1.807, 2.05) is 13.8 Å². The fourth-order valence-corrected chi connectivity index (χ4v) is 3.73. The van der Waals surface area contributed by atoms with Crippen LogP contribution in [-0.2, 0) is 14.2 Å². The van der Waals surface area contributed by atoms with Crippen molar-refractivity contribution in [3.8, 4) is 5.75 Å². The Morgan fingerprint density at radius 1 is 0.853 bits per heavy atom. The maximum absolute atomic E-state index is 12.5. The SMILES string of the molecule is CC(C)c1cccc(OC2OC(COC3OC(CO)C(O)C(O)C3O)C(O)C(O)C2O)c(=O)c1. The van der Waals surface area contributed by atoms with Crippen LogP contribution in [0.2, 0.25) is 0 Å². The summed E-state index contributed by atoms with van der Waals surface area (Å²) in [7, 11) is 0. The van der Waals surface area contributed by atoms with Crippen molar-refractivity contribution in [3.05, 3.63) is 40.1 Å². The fourth-order valence-electron chi connectivity index (χ4n) is 3.73. The fraction of sp³-hybridized carbons (Fsp3) is 0.682. The molecule has 1 aromatic carbocycles. The van der Waals surface area contributed by atoms with Gasteiger partial charge in [-0.15, -0.1) is 0 Å². The molecule has 2 aliphatic rings. The van der Waals surface area contributed by atoms with Crippen LogP contribution in [0.5, 0.6) is 5.75 Å². The molecule has 12 nitrogen and oxygen atoms in total.